The standard InChI is InChI=1S/C23H20FN3O/c1-26-16-19(8-10-23(26)28)20-9-7-17(13-21(20)24)15-27-12-11-25-14-22(27)18-5-3-2-4-6-18/h2-14,16,22H,15H2,1H3. The molecule has 0 spiro atoms. The molecule has 0 saturated heterocycles. The van der Waals surface area contributed by atoms with E-state index >= 15 is 0 Å². The molecule has 2 aromatic carbocycles. The van der Waals surface area contributed by atoms with Gasteiger partial charge in [0, 0.05) is 55.6 Å². The summed E-state index contributed by atoms with van der Waals surface area (Å²) in [5.41, 5.74) is 3.05. The summed E-state index contributed by atoms with van der Waals surface area (Å²) in [5, 5.41) is 0. The monoisotopic (exact) mass is 373 g/mol. The van der Waals surface area contributed by atoms with Crippen LogP contribution in [0.1, 0.15) is 17.2 Å². The summed E-state index contributed by atoms with van der Waals surface area (Å²) >= 11 is 0. The van der Waals surface area contributed by atoms with Crippen LogP contribution in [0.15, 0.2) is 89.0 Å². The fourth-order valence-electron chi connectivity index (χ4n) is 3.37. The molecule has 1 aromatic heterocycles. The first-order valence-corrected chi connectivity index (χ1v) is 9.08. The van der Waals surface area contributed by atoms with E-state index in [2.05, 4.69) is 22.0 Å². The summed E-state index contributed by atoms with van der Waals surface area (Å²) in [4.78, 5) is 17.9. The lowest BCUT2D eigenvalue weighted by molar-refractivity contribution is 0.332. The van der Waals surface area contributed by atoms with Crippen LogP contribution in [-0.4, -0.2) is 15.7 Å². The van der Waals surface area contributed by atoms with E-state index < -0.39 is 0 Å². The third-order valence-electron chi connectivity index (χ3n) is 4.87. The summed E-state index contributed by atoms with van der Waals surface area (Å²) in [7, 11) is 1.66. The lowest BCUT2D eigenvalue weighted by Crippen LogP contribution is -2.26. The molecule has 0 fully saturated rings. The van der Waals surface area contributed by atoms with E-state index in [1.54, 1.807) is 37.6 Å². The van der Waals surface area contributed by atoms with Crippen molar-refractivity contribution in [2.24, 2.45) is 12.0 Å². The minimum Gasteiger partial charge on any atom is -0.360 e. The second-order valence-corrected chi connectivity index (χ2v) is 6.81. The van der Waals surface area contributed by atoms with Gasteiger partial charge in [0.2, 0.25) is 5.56 Å². The Kier molecular flexibility index (Phi) is 4.89. The number of pyridine rings is 1. The zero-order valence-corrected chi connectivity index (χ0v) is 15.5. The summed E-state index contributed by atoms with van der Waals surface area (Å²) < 4.78 is 16.2. The van der Waals surface area contributed by atoms with Crippen molar-refractivity contribution in [3.05, 3.63) is 107 Å². The average Bonchev–Trinajstić information content (AvgIpc) is 2.71. The highest BCUT2D eigenvalue weighted by Gasteiger charge is 2.18. The van der Waals surface area contributed by atoms with Crippen LogP contribution in [-0.2, 0) is 13.6 Å². The van der Waals surface area contributed by atoms with E-state index in [0.717, 1.165) is 11.1 Å². The molecule has 28 heavy (non-hydrogen) atoms. The van der Waals surface area contributed by atoms with Crippen molar-refractivity contribution in [1.29, 1.82) is 0 Å². The zero-order chi connectivity index (χ0) is 19.5. The molecule has 1 aliphatic heterocycles. The van der Waals surface area contributed by atoms with Gasteiger partial charge in [-0.1, -0.05) is 42.5 Å². The Bertz CT molecular complexity index is 1100. The molecule has 0 saturated carbocycles. The Balaban J connectivity index is 1.59. The molecule has 140 valence electrons. The van der Waals surface area contributed by atoms with E-state index in [1.807, 2.05) is 36.7 Å². The third kappa shape index (κ3) is 3.64. The van der Waals surface area contributed by atoms with Crippen LogP contribution >= 0.6 is 0 Å². The number of hydrogen-bond acceptors (Lipinski definition) is 3. The number of hydrogen-bond donors (Lipinski definition) is 0. The predicted molar refractivity (Wildman–Crippen MR) is 109 cm³/mol. The van der Waals surface area contributed by atoms with Crippen molar-refractivity contribution in [1.82, 2.24) is 9.47 Å². The molecule has 1 aliphatic rings. The molecule has 1 atom stereocenters. The van der Waals surface area contributed by atoms with E-state index in [0.29, 0.717) is 17.7 Å². The SMILES string of the molecule is Cn1cc(-c2ccc(CN3C=CN=CC3c3ccccc3)cc2F)ccc1=O. The van der Waals surface area contributed by atoms with Crippen LogP contribution in [0.2, 0.25) is 0 Å². The van der Waals surface area contributed by atoms with Crippen molar-refractivity contribution in [2.75, 3.05) is 0 Å². The highest BCUT2D eigenvalue weighted by Crippen LogP contribution is 2.27. The number of aromatic nitrogens is 1. The number of aliphatic imine (C=N–C) groups is 1. The molecule has 0 bridgehead atoms. The Hall–Kier alpha value is -3.47. The molecular formula is C23H20FN3O. The van der Waals surface area contributed by atoms with Gasteiger partial charge in [-0.2, -0.15) is 0 Å². The minimum absolute atomic E-state index is 0.0117. The van der Waals surface area contributed by atoms with Gasteiger partial charge in [-0.05, 0) is 23.3 Å². The smallest absolute Gasteiger partial charge is 0.250 e. The van der Waals surface area contributed by atoms with Gasteiger partial charge in [-0.15, -0.1) is 0 Å². The van der Waals surface area contributed by atoms with E-state index in [4.69, 9.17) is 0 Å². The minimum atomic E-state index is -0.304. The van der Waals surface area contributed by atoms with Gasteiger partial charge in [0.15, 0.2) is 0 Å². The highest BCUT2D eigenvalue weighted by atomic mass is 19.1. The van der Waals surface area contributed by atoms with Crippen LogP contribution in [0.4, 0.5) is 4.39 Å². The van der Waals surface area contributed by atoms with Gasteiger partial charge in [0.05, 0.1) is 6.04 Å². The van der Waals surface area contributed by atoms with Gasteiger partial charge >= 0.3 is 0 Å². The second kappa shape index (κ2) is 7.64. The normalized spacial score (nSPS) is 15.8. The van der Waals surface area contributed by atoms with Crippen molar-refractivity contribution >= 4 is 6.21 Å². The van der Waals surface area contributed by atoms with Crippen LogP contribution in [0.3, 0.4) is 0 Å². The van der Waals surface area contributed by atoms with E-state index in [9.17, 15) is 9.18 Å². The number of nitrogens with zero attached hydrogens (tertiary/aromatic N) is 3. The number of benzene rings is 2. The van der Waals surface area contributed by atoms with Gasteiger partial charge < -0.3 is 9.47 Å². The van der Waals surface area contributed by atoms with Crippen LogP contribution in [0, 0.1) is 5.82 Å². The molecule has 4 rings (SSSR count). The number of rotatable bonds is 4. The number of halogens is 1. The van der Waals surface area contributed by atoms with Crippen molar-refractivity contribution in [3.63, 3.8) is 0 Å². The largest absolute Gasteiger partial charge is 0.360 e. The van der Waals surface area contributed by atoms with Gasteiger partial charge in [-0.25, -0.2) is 4.39 Å². The Morgan fingerprint density at radius 3 is 2.64 bits per heavy atom. The first-order valence-electron chi connectivity index (χ1n) is 9.08. The fraction of sp³-hybridized carbons (Fsp3) is 0.130. The maximum absolute atomic E-state index is 14.8. The van der Waals surface area contributed by atoms with Gasteiger partial charge in [0.1, 0.15) is 5.82 Å². The predicted octanol–water partition coefficient (Wildman–Crippen LogP) is 4.29. The number of aryl methyl sites for hydroxylation is 1. The molecule has 3 aromatic rings. The molecule has 1 unspecified atom stereocenters. The lowest BCUT2D eigenvalue weighted by atomic mass is 10.0. The molecular weight excluding hydrogens is 353 g/mol. The summed E-state index contributed by atoms with van der Waals surface area (Å²) in [6, 6.07) is 18.5. The zero-order valence-electron chi connectivity index (χ0n) is 15.5. The average molecular weight is 373 g/mol. The Morgan fingerprint density at radius 1 is 1.07 bits per heavy atom. The molecule has 0 radical (unpaired) electrons. The topological polar surface area (TPSA) is 37.6 Å². The molecule has 2 heterocycles. The van der Waals surface area contributed by atoms with Crippen LogP contribution in [0.25, 0.3) is 11.1 Å². The van der Waals surface area contributed by atoms with Gasteiger partial charge in [0.25, 0.3) is 0 Å². The fourth-order valence-corrected chi connectivity index (χ4v) is 3.37. The molecule has 0 N–H and O–H groups in total. The van der Waals surface area contributed by atoms with Crippen LogP contribution < -0.4 is 5.56 Å². The maximum Gasteiger partial charge on any atom is 0.250 e. The van der Waals surface area contributed by atoms with Crippen LogP contribution in [0.5, 0.6) is 0 Å². The first-order chi connectivity index (χ1) is 13.6. The van der Waals surface area contributed by atoms with Crippen molar-refractivity contribution in [2.45, 2.75) is 12.6 Å². The third-order valence-corrected chi connectivity index (χ3v) is 4.87. The molecule has 5 heteroatoms. The Labute approximate surface area is 162 Å². The quantitative estimate of drug-likeness (QED) is 0.684. The van der Waals surface area contributed by atoms with Crippen molar-refractivity contribution in [3.8, 4) is 11.1 Å². The van der Waals surface area contributed by atoms with E-state index in [-0.39, 0.29) is 17.4 Å². The van der Waals surface area contributed by atoms with Crippen molar-refractivity contribution < 1.29 is 4.39 Å². The summed E-state index contributed by atoms with van der Waals surface area (Å²) in [5.74, 6) is -0.304. The highest BCUT2D eigenvalue weighted by molar-refractivity contribution is 5.69. The molecule has 4 nitrogen and oxygen atoms in total. The summed E-state index contributed by atoms with van der Waals surface area (Å²) in [6.07, 6.45) is 7.21. The lowest BCUT2D eigenvalue weighted by Gasteiger charge is -2.30. The van der Waals surface area contributed by atoms with Gasteiger partial charge in [-0.3, -0.25) is 9.79 Å². The Morgan fingerprint density at radius 2 is 1.89 bits per heavy atom. The first kappa shape index (κ1) is 17.9. The second-order valence-electron chi connectivity index (χ2n) is 6.81. The summed E-state index contributed by atoms with van der Waals surface area (Å²) in [6.45, 7) is 0.562. The molecule has 0 amide bonds. The maximum atomic E-state index is 14.8. The van der Waals surface area contributed by atoms with E-state index in [1.165, 1.54) is 10.6 Å². The molecule has 0 aliphatic carbocycles.